The maximum absolute atomic E-state index is 12.4. The molecule has 0 aliphatic carbocycles. The zero-order chi connectivity index (χ0) is 23.9. The molecule has 1 fully saturated rings. The molecule has 0 saturated carbocycles. The molecular formula is C25H44N2O6. The van der Waals surface area contributed by atoms with Gasteiger partial charge in [0.2, 0.25) is 5.88 Å². The number of aromatic nitrogens is 2. The highest BCUT2D eigenvalue weighted by Gasteiger charge is 2.21. The van der Waals surface area contributed by atoms with Crippen molar-refractivity contribution in [1.29, 1.82) is 0 Å². The molecule has 2 rings (SSSR count). The first-order valence-corrected chi connectivity index (χ1v) is 13.0. The van der Waals surface area contributed by atoms with Gasteiger partial charge in [-0.25, -0.2) is 4.79 Å². The number of aromatic hydroxyl groups is 1. The van der Waals surface area contributed by atoms with Gasteiger partial charge in [0.05, 0.1) is 18.4 Å². The first kappa shape index (κ1) is 27.4. The Hall–Kier alpha value is -1.80. The molecule has 0 spiro atoms. The van der Waals surface area contributed by atoms with Crippen LogP contribution in [0.2, 0.25) is 0 Å². The summed E-state index contributed by atoms with van der Waals surface area (Å²) >= 11 is 0. The lowest BCUT2D eigenvalue weighted by molar-refractivity contribution is -0.191. The molecule has 0 aromatic carbocycles. The van der Waals surface area contributed by atoms with Crippen LogP contribution in [0.15, 0.2) is 4.79 Å². The number of aromatic amines is 1. The minimum Gasteiger partial charge on any atom is -0.493 e. The third-order valence-corrected chi connectivity index (χ3v) is 6.21. The van der Waals surface area contributed by atoms with Crippen molar-refractivity contribution in [3.05, 3.63) is 16.2 Å². The summed E-state index contributed by atoms with van der Waals surface area (Å²) in [5.41, 5.74) is 0.387. The lowest BCUT2D eigenvalue weighted by atomic mass is 10.1. The number of nitrogens with one attached hydrogen (secondary N) is 1. The summed E-state index contributed by atoms with van der Waals surface area (Å²) in [4.78, 5) is 26.4. The van der Waals surface area contributed by atoms with Gasteiger partial charge in [0.1, 0.15) is 0 Å². The topological polar surface area (TPSA) is 103 Å². The molecule has 1 aliphatic rings. The summed E-state index contributed by atoms with van der Waals surface area (Å²) in [6.45, 7) is 5.68. The fourth-order valence-electron chi connectivity index (χ4n) is 4.34. The molecule has 190 valence electrons. The Morgan fingerprint density at radius 2 is 1.97 bits per heavy atom. The Labute approximate surface area is 198 Å². The molecule has 2 N–H and O–H groups in total. The molecule has 33 heavy (non-hydrogen) atoms. The van der Waals surface area contributed by atoms with Gasteiger partial charge in [-0.05, 0) is 58.3 Å². The normalized spacial score (nSPS) is 17.2. The average Bonchev–Trinajstić information content (AvgIpc) is 3.07. The van der Waals surface area contributed by atoms with Crippen LogP contribution in [-0.2, 0) is 32.0 Å². The van der Waals surface area contributed by atoms with Crippen LogP contribution in [0.3, 0.4) is 0 Å². The molecule has 0 radical (unpaired) electrons. The number of imidazole rings is 1. The highest BCUT2D eigenvalue weighted by atomic mass is 16.7. The van der Waals surface area contributed by atoms with E-state index in [2.05, 4.69) is 11.9 Å². The summed E-state index contributed by atoms with van der Waals surface area (Å²) in [6.07, 6.45) is 12.7. The molecule has 1 aliphatic heterocycles. The molecule has 1 aromatic heterocycles. The Morgan fingerprint density at radius 1 is 1.15 bits per heavy atom. The number of hydrogen-bond acceptors (Lipinski definition) is 6. The van der Waals surface area contributed by atoms with Gasteiger partial charge in [0.15, 0.2) is 6.29 Å². The third-order valence-electron chi connectivity index (χ3n) is 6.21. The largest absolute Gasteiger partial charge is 0.493 e. The van der Waals surface area contributed by atoms with Crippen molar-refractivity contribution in [1.82, 2.24) is 9.55 Å². The second kappa shape index (κ2) is 15.9. The zero-order valence-electron chi connectivity index (χ0n) is 20.6. The van der Waals surface area contributed by atoms with Crippen LogP contribution in [0.25, 0.3) is 0 Å². The zero-order valence-corrected chi connectivity index (χ0v) is 20.6. The quantitative estimate of drug-likeness (QED) is 0.251. The lowest BCUT2D eigenvalue weighted by Gasteiger charge is -2.28. The van der Waals surface area contributed by atoms with Crippen molar-refractivity contribution in [2.45, 2.75) is 123 Å². The van der Waals surface area contributed by atoms with Crippen molar-refractivity contribution < 1.29 is 24.1 Å². The highest BCUT2D eigenvalue weighted by molar-refractivity contribution is 5.69. The van der Waals surface area contributed by atoms with E-state index in [4.69, 9.17) is 14.2 Å². The smallest absolute Gasteiger partial charge is 0.328 e. The second-order valence-electron chi connectivity index (χ2n) is 8.94. The van der Waals surface area contributed by atoms with Crippen LogP contribution in [0.5, 0.6) is 5.88 Å². The maximum atomic E-state index is 12.4. The number of esters is 1. The molecule has 1 saturated heterocycles. The van der Waals surface area contributed by atoms with E-state index >= 15 is 0 Å². The van der Waals surface area contributed by atoms with Crippen molar-refractivity contribution in [2.75, 3.05) is 13.2 Å². The number of ether oxygens (including phenoxy) is 3. The van der Waals surface area contributed by atoms with E-state index < -0.39 is 0 Å². The van der Waals surface area contributed by atoms with Crippen LogP contribution < -0.4 is 5.69 Å². The van der Waals surface area contributed by atoms with Gasteiger partial charge in [0, 0.05) is 19.6 Å². The van der Waals surface area contributed by atoms with Gasteiger partial charge in [-0.15, -0.1) is 0 Å². The predicted octanol–water partition coefficient (Wildman–Crippen LogP) is 4.82. The van der Waals surface area contributed by atoms with Gasteiger partial charge in [-0.3, -0.25) is 14.3 Å². The Kier molecular flexibility index (Phi) is 13.3. The highest BCUT2D eigenvalue weighted by Crippen LogP contribution is 2.22. The van der Waals surface area contributed by atoms with Crippen LogP contribution >= 0.6 is 0 Å². The van der Waals surface area contributed by atoms with Crippen LogP contribution in [0.4, 0.5) is 0 Å². The monoisotopic (exact) mass is 468 g/mol. The first-order chi connectivity index (χ1) is 16.0. The Balaban J connectivity index is 1.84. The van der Waals surface area contributed by atoms with E-state index in [-0.39, 0.29) is 29.9 Å². The first-order valence-electron chi connectivity index (χ1n) is 13.0. The van der Waals surface area contributed by atoms with Crippen molar-refractivity contribution in [3.63, 3.8) is 0 Å². The Bertz CT molecular complexity index is 723. The van der Waals surface area contributed by atoms with Crippen LogP contribution in [0.1, 0.15) is 103 Å². The van der Waals surface area contributed by atoms with Crippen LogP contribution in [0, 0.1) is 0 Å². The summed E-state index contributed by atoms with van der Waals surface area (Å²) in [6, 6.07) is 0. The van der Waals surface area contributed by atoms with Crippen molar-refractivity contribution in [3.8, 4) is 5.88 Å². The number of H-pyrrole nitrogens is 1. The number of unbranched alkanes of at least 4 members (excludes halogenated alkanes) is 5. The molecule has 0 amide bonds. The fourth-order valence-corrected chi connectivity index (χ4v) is 4.34. The molecule has 8 nitrogen and oxygen atoms in total. The average molecular weight is 469 g/mol. The van der Waals surface area contributed by atoms with E-state index in [1.54, 1.807) is 4.57 Å². The molecule has 8 heteroatoms. The minimum atomic E-state index is -0.272. The number of rotatable bonds is 17. The van der Waals surface area contributed by atoms with Gasteiger partial charge >= 0.3 is 11.7 Å². The molecule has 2 heterocycles. The maximum Gasteiger partial charge on any atom is 0.328 e. The van der Waals surface area contributed by atoms with Crippen molar-refractivity contribution in [2.24, 2.45) is 0 Å². The predicted molar refractivity (Wildman–Crippen MR) is 127 cm³/mol. The minimum absolute atomic E-state index is 0.0365. The van der Waals surface area contributed by atoms with E-state index in [1.807, 2.05) is 6.92 Å². The lowest BCUT2D eigenvalue weighted by Crippen LogP contribution is -2.30. The third kappa shape index (κ3) is 10.3. The number of carbonyl (C=O) groups excluding carboxylic acids is 1. The van der Waals surface area contributed by atoms with E-state index in [9.17, 15) is 14.7 Å². The van der Waals surface area contributed by atoms with Gasteiger partial charge < -0.3 is 19.3 Å². The number of nitrogens with zero attached hydrogens (tertiary/aromatic N) is 1. The number of hydrogen-bond donors (Lipinski definition) is 2. The summed E-state index contributed by atoms with van der Waals surface area (Å²) < 4.78 is 18.6. The second-order valence-corrected chi connectivity index (χ2v) is 8.94. The van der Waals surface area contributed by atoms with Gasteiger partial charge in [0.25, 0.3) is 0 Å². The standard InChI is InChI=1S/C25H44N2O6/c1-3-5-8-13-20(33-23-16-11-12-19-32-23)17-18-27-21(24(29)26-25(27)30)14-9-6-7-10-15-22(28)31-4-2/h20,23,29H,3-19H2,1-2H3,(H,26,30). The van der Waals surface area contributed by atoms with Gasteiger partial charge in [-0.1, -0.05) is 39.0 Å². The van der Waals surface area contributed by atoms with E-state index in [0.717, 1.165) is 77.2 Å². The van der Waals surface area contributed by atoms with Gasteiger partial charge in [-0.2, -0.15) is 0 Å². The Morgan fingerprint density at radius 3 is 2.70 bits per heavy atom. The molecule has 1 aromatic rings. The number of carbonyl (C=O) groups is 1. The molecule has 0 bridgehead atoms. The summed E-state index contributed by atoms with van der Waals surface area (Å²) in [5, 5.41) is 10.3. The summed E-state index contributed by atoms with van der Waals surface area (Å²) in [5.74, 6) is -0.186. The van der Waals surface area contributed by atoms with Crippen LogP contribution in [-0.4, -0.2) is 46.2 Å². The molecular weight excluding hydrogens is 424 g/mol. The molecule has 2 unspecified atom stereocenters. The van der Waals surface area contributed by atoms with E-state index in [0.29, 0.717) is 38.1 Å². The van der Waals surface area contributed by atoms with E-state index in [1.165, 1.54) is 0 Å². The fraction of sp³-hybridized carbons (Fsp3) is 0.840. The molecule has 2 atom stereocenters. The SMILES string of the molecule is CCCCCC(CCn1c(CCCCCCC(=O)OCC)c(O)[nH]c1=O)OC1CCCCO1. The summed E-state index contributed by atoms with van der Waals surface area (Å²) in [7, 11) is 0. The van der Waals surface area contributed by atoms with Crippen molar-refractivity contribution >= 4 is 5.97 Å².